The molecule has 1 aromatic carbocycles. The predicted molar refractivity (Wildman–Crippen MR) is 76.2 cm³/mol. The minimum Gasteiger partial charge on any atom is -0.464 e. The van der Waals surface area contributed by atoms with E-state index in [-0.39, 0.29) is 17.9 Å². The lowest BCUT2D eigenvalue weighted by atomic mass is 9.79. The summed E-state index contributed by atoms with van der Waals surface area (Å²) in [6.07, 6.45) is 0.545. The van der Waals surface area contributed by atoms with E-state index < -0.39 is 29.6 Å². The third-order valence-corrected chi connectivity index (χ3v) is 3.52. The van der Waals surface area contributed by atoms with Crippen molar-refractivity contribution >= 4 is 11.8 Å². The van der Waals surface area contributed by atoms with Crippen LogP contribution in [0.4, 0.5) is 8.78 Å². The highest BCUT2D eigenvalue weighted by atomic mass is 19.3. The molecule has 0 bridgehead atoms. The van der Waals surface area contributed by atoms with Crippen LogP contribution in [-0.4, -0.2) is 23.9 Å². The first-order valence-electron chi connectivity index (χ1n) is 6.93. The van der Waals surface area contributed by atoms with E-state index >= 15 is 8.78 Å². The van der Waals surface area contributed by atoms with Gasteiger partial charge >= 0.3 is 11.9 Å². The fourth-order valence-corrected chi connectivity index (χ4v) is 2.56. The molecule has 1 aliphatic heterocycles. The molecule has 0 aliphatic carbocycles. The van der Waals surface area contributed by atoms with Gasteiger partial charge in [-0.2, -0.15) is 8.78 Å². The molecule has 1 unspecified atom stereocenters. The highest BCUT2D eigenvalue weighted by Crippen LogP contribution is 2.43. The minimum atomic E-state index is -3.61. The topological polar surface area (TPSA) is 55.4 Å². The zero-order valence-corrected chi connectivity index (χ0v) is 12.4. The lowest BCUT2D eigenvalue weighted by molar-refractivity contribution is -0.176. The monoisotopic (exact) mass is 309 g/mol. The molecule has 0 aromatic heterocycles. The first-order valence-corrected chi connectivity index (χ1v) is 6.93. The van der Waals surface area contributed by atoms with Crippen LogP contribution in [0.25, 0.3) is 0 Å². The SMILES string of the molecule is CCOC(=O)C1(C(F)(F)c2ccccc2)CC(=O)C=C(C)N1. The van der Waals surface area contributed by atoms with E-state index in [9.17, 15) is 9.59 Å². The van der Waals surface area contributed by atoms with Crippen molar-refractivity contribution in [2.24, 2.45) is 0 Å². The summed E-state index contributed by atoms with van der Waals surface area (Å²) in [5.41, 5.74) is -2.57. The molecule has 22 heavy (non-hydrogen) atoms. The van der Waals surface area contributed by atoms with Crippen LogP contribution in [0.2, 0.25) is 0 Å². The van der Waals surface area contributed by atoms with Gasteiger partial charge in [0.25, 0.3) is 0 Å². The number of esters is 1. The average Bonchev–Trinajstić information content (AvgIpc) is 2.47. The standard InChI is InChI=1S/C16H17F2NO3/c1-3-22-14(21)15(10-13(20)9-11(2)19-15)16(17,18)12-7-5-4-6-8-12/h4-9,19H,3,10H2,1-2H3. The van der Waals surface area contributed by atoms with E-state index in [0.29, 0.717) is 0 Å². The number of ether oxygens (including phenoxy) is 1. The van der Waals surface area contributed by atoms with Crippen molar-refractivity contribution in [2.75, 3.05) is 6.61 Å². The van der Waals surface area contributed by atoms with Crippen molar-refractivity contribution in [3.63, 3.8) is 0 Å². The summed E-state index contributed by atoms with van der Waals surface area (Å²) < 4.78 is 35.0. The zero-order chi connectivity index (χ0) is 16.4. The highest BCUT2D eigenvalue weighted by Gasteiger charge is 2.63. The lowest BCUT2D eigenvalue weighted by Crippen LogP contribution is -2.64. The number of rotatable bonds is 4. The van der Waals surface area contributed by atoms with Crippen LogP contribution >= 0.6 is 0 Å². The second kappa shape index (κ2) is 5.87. The zero-order valence-electron chi connectivity index (χ0n) is 12.4. The van der Waals surface area contributed by atoms with E-state index in [1.165, 1.54) is 44.2 Å². The fourth-order valence-electron chi connectivity index (χ4n) is 2.56. The molecule has 0 radical (unpaired) electrons. The molecule has 118 valence electrons. The van der Waals surface area contributed by atoms with E-state index in [1.54, 1.807) is 6.07 Å². The van der Waals surface area contributed by atoms with Crippen molar-refractivity contribution in [2.45, 2.75) is 31.7 Å². The van der Waals surface area contributed by atoms with Crippen LogP contribution < -0.4 is 5.32 Å². The van der Waals surface area contributed by atoms with Gasteiger partial charge in [-0.15, -0.1) is 0 Å². The van der Waals surface area contributed by atoms with Gasteiger partial charge in [0.2, 0.25) is 5.54 Å². The van der Waals surface area contributed by atoms with E-state index in [1.807, 2.05) is 0 Å². The van der Waals surface area contributed by atoms with Crippen molar-refractivity contribution in [1.29, 1.82) is 0 Å². The highest BCUT2D eigenvalue weighted by molar-refractivity contribution is 5.98. The Balaban J connectivity index is 2.56. The fraction of sp³-hybridized carbons (Fsp3) is 0.375. The van der Waals surface area contributed by atoms with Gasteiger partial charge < -0.3 is 10.1 Å². The van der Waals surface area contributed by atoms with Gasteiger partial charge in [0.1, 0.15) is 0 Å². The number of benzene rings is 1. The molecule has 1 aromatic rings. The molecule has 1 aliphatic rings. The number of hydrogen-bond donors (Lipinski definition) is 1. The Hall–Kier alpha value is -2.24. The molecule has 4 nitrogen and oxygen atoms in total. The predicted octanol–water partition coefficient (Wildman–Crippen LogP) is 2.55. The minimum absolute atomic E-state index is 0.0515. The summed E-state index contributed by atoms with van der Waals surface area (Å²) in [7, 11) is 0. The Kier molecular flexibility index (Phi) is 4.30. The van der Waals surface area contributed by atoms with Gasteiger partial charge in [0, 0.05) is 11.3 Å². The van der Waals surface area contributed by atoms with Crippen LogP contribution in [0.3, 0.4) is 0 Å². The molecule has 0 amide bonds. The molecular weight excluding hydrogens is 292 g/mol. The van der Waals surface area contributed by atoms with Crippen molar-refractivity contribution in [3.05, 3.63) is 47.7 Å². The molecular formula is C16H17F2NO3. The first kappa shape index (κ1) is 16.1. The maximum Gasteiger partial charge on any atom is 0.339 e. The number of hydrogen-bond acceptors (Lipinski definition) is 4. The molecule has 0 saturated carbocycles. The molecule has 1 atom stereocenters. The summed E-state index contributed by atoms with van der Waals surface area (Å²) in [4.78, 5) is 24.1. The summed E-state index contributed by atoms with van der Waals surface area (Å²) in [6.45, 7) is 2.94. The Morgan fingerprint density at radius 3 is 2.55 bits per heavy atom. The van der Waals surface area contributed by atoms with Crippen molar-refractivity contribution < 1.29 is 23.1 Å². The molecule has 6 heteroatoms. The molecule has 0 saturated heterocycles. The van der Waals surface area contributed by atoms with Crippen molar-refractivity contribution in [3.8, 4) is 0 Å². The third kappa shape index (κ3) is 2.61. The van der Waals surface area contributed by atoms with Crippen molar-refractivity contribution in [1.82, 2.24) is 5.32 Å². The van der Waals surface area contributed by atoms with Gasteiger partial charge in [-0.1, -0.05) is 30.3 Å². The van der Waals surface area contributed by atoms with Crippen LogP contribution in [-0.2, 0) is 20.2 Å². The van der Waals surface area contributed by atoms with Gasteiger partial charge in [-0.3, -0.25) is 4.79 Å². The number of carbonyl (C=O) groups excluding carboxylic acids is 2. The average molecular weight is 309 g/mol. The number of alkyl halides is 2. The van der Waals surface area contributed by atoms with Crippen LogP contribution in [0.1, 0.15) is 25.8 Å². The third-order valence-electron chi connectivity index (χ3n) is 3.52. The molecule has 2 rings (SSSR count). The summed E-state index contributed by atoms with van der Waals surface area (Å²) >= 11 is 0. The quantitative estimate of drug-likeness (QED) is 0.869. The van der Waals surface area contributed by atoms with Gasteiger partial charge in [-0.05, 0) is 19.9 Å². The smallest absolute Gasteiger partial charge is 0.339 e. The summed E-state index contributed by atoms with van der Waals surface area (Å²) in [6, 6.07) is 6.95. The summed E-state index contributed by atoms with van der Waals surface area (Å²) in [5, 5.41) is 2.50. The molecule has 0 spiro atoms. The largest absolute Gasteiger partial charge is 0.464 e. The van der Waals surface area contributed by atoms with Crippen LogP contribution in [0.5, 0.6) is 0 Å². The van der Waals surface area contributed by atoms with E-state index in [2.05, 4.69) is 5.32 Å². The molecule has 1 heterocycles. The Morgan fingerprint density at radius 1 is 1.36 bits per heavy atom. The Bertz CT molecular complexity index is 613. The maximum absolute atomic E-state index is 15.1. The van der Waals surface area contributed by atoms with Gasteiger partial charge in [0.05, 0.1) is 13.0 Å². The van der Waals surface area contributed by atoms with Gasteiger partial charge in [-0.25, -0.2) is 4.79 Å². The molecule has 0 fully saturated rings. The normalized spacial score (nSPS) is 21.8. The molecule has 1 N–H and O–H groups in total. The number of halogens is 2. The first-order chi connectivity index (χ1) is 10.3. The number of ketones is 1. The second-order valence-electron chi connectivity index (χ2n) is 5.16. The van der Waals surface area contributed by atoms with E-state index in [0.717, 1.165) is 0 Å². The number of allylic oxidation sites excluding steroid dienone is 2. The number of nitrogens with one attached hydrogen (secondary N) is 1. The Morgan fingerprint density at radius 2 is 2.00 bits per heavy atom. The van der Waals surface area contributed by atoms with E-state index in [4.69, 9.17) is 4.74 Å². The van der Waals surface area contributed by atoms with Gasteiger partial charge in [0.15, 0.2) is 5.78 Å². The summed E-state index contributed by atoms with van der Waals surface area (Å²) in [5.74, 6) is -5.28. The lowest BCUT2D eigenvalue weighted by Gasteiger charge is -2.41. The van der Waals surface area contributed by atoms with Crippen LogP contribution in [0, 0.1) is 0 Å². The number of carbonyl (C=O) groups is 2. The van der Waals surface area contributed by atoms with Crippen LogP contribution in [0.15, 0.2) is 42.1 Å². The second-order valence-corrected chi connectivity index (χ2v) is 5.16. The Labute approximate surface area is 127 Å². The maximum atomic E-state index is 15.1.